The molecule has 0 aliphatic heterocycles. The van der Waals surface area contributed by atoms with Crippen LogP contribution in [0.1, 0.15) is 20.3 Å². The van der Waals surface area contributed by atoms with Gasteiger partial charge in [0.25, 0.3) is 0 Å². The fraction of sp³-hybridized carbons (Fsp3) is 0.750. The van der Waals surface area contributed by atoms with E-state index >= 15 is 0 Å². The predicted molar refractivity (Wildman–Crippen MR) is 75.2 cm³/mol. The summed E-state index contributed by atoms with van der Waals surface area (Å²) in [5, 5.41) is 0. The molecule has 1 aromatic heterocycles. The lowest BCUT2D eigenvalue weighted by molar-refractivity contribution is -0.691. The molecule has 92 valence electrons. The van der Waals surface area contributed by atoms with Gasteiger partial charge >= 0.3 is 0 Å². The molecule has 4 heteroatoms. The molecule has 0 radical (unpaired) electrons. The SMILES string of the molecule is CCCSCCn1cc[n+](CCSCC)c1. The highest BCUT2D eigenvalue weighted by atomic mass is 32.2. The number of aryl methyl sites for hydroxylation is 2. The molecule has 0 aliphatic carbocycles. The maximum absolute atomic E-state index is 2.29. The first-order valence-corrected chi connectivity index (χ1v) is 8.38. The van der Waals surface area contributed by atoms with Crippen LogP contribution in [-0.4, -0.2) is 27.6 Å². The smallest absolute Gasteiger partial charge is 0.236 e. The van der Waals surface area contributed by atoms with E-state index in [0.717, 1.165) is 13.1 Å². The second-order valence-corrected chi connectivity index (χ2v) is 6.32. The number of rotatable bonds is 9. The van der Waals surface area contributed by atoms with Crippen LogP contribution < -0.4 is 4.57 Å². The van der Waals surface area contributed by atoms with Crippen molar-refractivity contribution in [1.82, 2.24) is 4.57 Å². The van der Waals surface area contributed by atoms with Crippen molar-refractivity contribution in [2.75, 3.05) is 23.0 Å². The van der Waals surface area contributed by atoms with E-state index in [4.69, 9.17) is 0 Å². The standard InChI is InChI=1S/C12H23N2S2/c1-3-9-16-11-8-14-6-5-13(12-14)7-10-15-4-2/h5-6,12H,3-4,7-11H2,1-2H3/q+1. The molecular formula is C12H23N2S2+. The molecule has 16 heavy (non-hydrogen) atoms. The van der Waals surface area contributed by atoms with Gasteiger partial charge in [0.15, 0.2) is 0 Å². The lowest BCUT2D eigenvalue weighted by atomic mass is 10.6. The number of hydrogen-bond donors (Lipinski definition) is 0. The Morgan fingerprint density at radius 1 is 1.12 bits per heavy atom. The fourth-order valence-electron chi connectivity index (χ4n) is 1.43. The molecule has 0 fully saturated rings. The molecule has 0 bridgehead atoms. The van der Waals surface area contributed by atoms with Crippen LogP contribution in [0.15, 0.2) is 18.7 Å². The summed E-state index contributed by atoms with van der Waals surface area (Å²) in [6, 6.07) is 0. The molecule has 0 saturated heterocycles. The van der Waals surface area contributed by atoms with Crippen molar-refractivity contribution >= 4 is 23.5 Å². The van der Waals surface area contributed by atoms with Crippen LogP contribution in [0.5, 0.6) is 0 Å². The van der Waals surface area contributed by atoms with Crippen LogP contribution >= 0.6 is 23.5 Å². The zero-order valence-electron chi connectivity index (χ0n) is 10.4. The second kappa shape index (κ2) is 8.99. The molecule has 1 rings (SSSR count). The minimum atomic E-state index is 1.13. The Morgan fingerprint density at radius 2 is 2.00 bits per heavy atom. The molecule has 0 spiro atoms. The highest BCUT2D eigenvalue weighted by Crippen LogP contribution is 2.02. The number of aromatic nitrogens is 2. The minimum Gasteiger partial charge on any atom is -0.236 e. The van der Waals surface area contributed by atoms with E-state index in [9.17, 15) is 0 Å². The van der Waals surface area contributed by atoms with Crippen molar-refractivity contribution in [2.24, 2.45) is 0 Å². The molecule has 0 unspecified atom stereocenters. The van der Waals surface area contributed by atoms with Crippen LogP contribution in [-0.2, 0) is 13.1 Å². The summed E-state index contributed by atoms with van der Waals surface area (Å²) < 4.78 is 4.58. The van der Waals surface area contributed by atoms with Crippen LogP contribution in [0.25, 0.3) is 0 Å². The molecule has 1 aromatic rings. The summed E-state index contributed by atoms with van der Waals surface area (Å²) in [4.78, 5) is 0. The third kappa shape index (κ3) is 5.85. The molecule has 0 N–H and O–H groups in total. The zero-order chi connectivity index (χ0) is 11.6. The molecule has 0 atom stereocenters. The monoisotopic (exact) mass is 259 g/mol. The van der Waals surface area contributed by atoms with Gasteiger partial charge < -0.3 is 0 Å². The van der Waals surface area contributed by atoms with Crippen LogP contribution in [0, 0.1) is 0 Å². The van der Waals surface area contributed by atoms with Crippen LogP contribution in [0.4, 0.5) is 0 Å². The average molecular weight is 259 g/mol. The summed E-state index contributed by atoms with van der Waals surface area (Å²) >= 11 is 4.05. The fourth-order valence-corrected chi connectivity index (χ4v) is 2.90. The second-order valence-electron chi connectivity index (χ2n) is 3.70. The largest absolute Gasteiger partial charge is 0.243 e. The van der Waals surface area contributed by atoms with Crippen LogP contribution in [0.3, 0.4) is 0 Å². The van der Waals surface area contributed by atoms with Gasteiger partial charge in [0, 0.05) is 11.5 Å². The Balaban J connectivity index is 2.17. The first-order valence-electron chi connectivity index (χ1n) is 6.07. The van der Waals surface area contributed by atoms with Gasteiger partial charge in [0.05, 0.1) is 13.1 Å². The maximum Gasteiger partial charge on any atom is 0.243 e. The zero-order valence-corrected chi connectivity index (χ0v) is 12.0. The molecule has 0 aliphatic rings. The van der Waals surface area contributed by atoms with Crippen LogP contribution in [0.2, 0.25) is 0 Å². The molecule has 0 saturated carbocycles. The third-order valence-electron chi connectivity index (χ3n) is 2.29. The van der Waals surface area contributed by atoms with Crippen molar-refractivity contribution in [1.29, 1.82) is 0 Å². The van der Waals surface area contributed by atoms with E-state index in [0.29, 0.717) is 0 Å². The Labute approximate surface area is 108 Å². The summed E-state index contributed by atoms with van der Waals surface area (Å²) in [7, 11) is 0. The topological polar surface area (TPSA) is 8.81 Å². The van der Waals surface area contributed by atoms with Crippen molar-refractivity contribution in [3.63, 3.8) is 0 Å². The first kappa shape index (κ1) is 14.0. The summed E-state index contributed by atoms with van der Waals surface area (Å²) in [5.41, 5.74) is 0. The minimum absolute atomic E-state index is 1.13. The Kier molecular flexibility index (Phi) is 7.85. The molecule has 1 heterocycles. The van der Waals surface area contributed by atoms with Crippen molar-refractivity contribution in [3.8, 4) is 0 Å². The maximum atomic E-state index is 2.29. The van der Waals surface area contributed by atoms with E-state index in [1.165, 1.54) is 29.4 Å². The highest BCUT2D eigenvalue weighted by Gasteiger charge is 2.02. The third-order valence-corrected chi connectivity index (χ3v) is 4.33. The van der Waals surface area contributed by atoms with Gasteiger partial charge in [0.2, 0.25) is 6.33 Å². The summed E-state index contributed by atoms with van der Waals surface area (Å²) in [5.74, 6) is 4.95. The van der Waals surface area contributed by atoms with E-state index in [1.807, 2.05) is 23.5 Å². The van der Waals surface area contributed by atoms with Gasteiger partial charge in [-0.25, -0.2) is 9.13 Å². The van der Waals surface area contributed by atoms with E-state index < -0.39 is 0 Å². The van der Waals surface area contributed by atoms with Gasteiger partial charge in [-0.1, -0.05) is 13.8 Å². The molecule has 0 amide bonds. The summed E-state index contributed by atoms with van der Waals surface area (Å²) in [6.45, 7) is 6.72. The number of imidazole rings is 1. The van der Waals surface area contributed by atoms with Crippen molar-refractivity contribution in [2.45, 2.75) is 33.4 Å². The lowest BCUT2D eigenvalue weighted by Gasteiger charge is -1.97. The first-order chi connectivity index (χ1) is 7.86. The number of thioether (sulfide) groups is 2. The lowest BCUT2D eigenvalue weighted by Crippen LogP contribution is -2.32. The predicted octanol–water partition coefficient (Wildman–Crippen LogP) is 2.67. The van der Waals surface area contributed by atoms with E-state index in [-0.39, 0.29) is 0 Å². The number of nitrogens with zero attached hydrogens (tertiary/aromatic N) is 2. The summed E-state index contributed by atoms with van der Waals surface area (Å²) in [6.07, 6.45) is 7.87. The molecule has 2 nitrogen and oxygen atoms in total. The molecular weight excluding hydrogens is 236 g/mol. The van der Waals surface area contributed by atoms with E-state index in [1.54, 1.807) is 0 Å². The van der Waals surface area contributed by atoms with Gasteiger partial charge in [0.1, 0.15) is 12.4 Å². The highest BCUT2D eigenvalue weighted by molar-refractivity contribution is 7.99. The number of hydrogen-bond acceptors (Lipinski definition) is 2. The Bertz CT molecular complexity index is 274. The molecule has 0 aromatic carbocycles. The van der Waals surface area contributed by atoms with Crippen molar-refractivity contribution < 1.29 is 4.57 Å². The Morgan fingerprint density at radius 3 is 2.75 bits per heavy atom. The average Bonchev–Trinajstić information content (AvgIpc) is 2.73. The van der Waals surface area contributed by atoms with E-state index in [2.05, 4.69) is 41.7 Å². The van der Waals surface area contributed by atoms with Gasteiger partial charge in [-0.3, -0.25) is 0 Å². The van der Waals surface area contributed by atoms with Gasteiger partial charge in [-0.2, -0.15) is 23.5 Å². The quantitative estimate of drug-likeness (QED) is 0.498. The Hall–Kier alpha value is -0.0900. The normalized spacial score (nSPS) is 10.9. The van der Waals surface area contributed by atoms with Crippen molar-refractivity contribution in [3.05, 3.63) is 18.7 Å². The van der Waals surface area contributed by atoms with Gasteiger partial charge in [-0.05, 0) is 17.9 Å². The van der Waals surface area contributed by atoms with Gasteiger partial charge in [-0.15, -0.1) is 0 Å².